The van der Waals surface area contributed by atoms with Crippen LogP contribution in [0.25, 0.3) is 21.5 Å². The fourth-order valence-electron chi connectivity index (χ4n) is 5.41. The van der Waals surface area contributed by atoms with E-state index < -0.39 is 0 Å². The summed E-state index contributed by atoms with van der Waals surface area (Å²) in [5.41, 5.74) is 2.88. The van der Waals surface area contributed by atoms with Crippen molar-refractivity contribution in [3.05, 3.63) is 72.7 Å². The smallest absolute Gasteiger partial charge is 0.268 e. The standard InChI is InChI=1S/C26H24N6O2S/c1-2-23(33)31-10-9-26(15-31)11-18(12-26)32-20-6-4-3-5-19(20)29-25(32)30-24(34)22-8-7-21(35-22)17-13-27-16-28-14-17/h2-8,13-14,16,18H,1,9-12,15H2,(H,29,30,34)/t18-,26-. The molecule has 2 amide bonds. The average Bonchev–Trinajstić information content (AvgIpc) is 3.60. The minimum Gasteiger partial charge on any atom is -0.339 e. The molecule has 2 fully saturated rings. The Morgan fingerprint density at radius 3 is 2.74 bits per heavy atom. The molecular weight excluding hydrogens is 460 g/mol. The Labute approximate surface area is 206 Å². The summed E-state index contributed by atoms with van der Waals surface area (Å²) in [6, 6.07) is 11.9. The van der Waals surface area contributed by atoms with Gasteiger partial charge < -0.3 is 9.47 Å². The number of carbonyl (C=O) groups is 2. The molecule has 1 aromatic carbocycles. The van der Waals surface area contributed by atoms with Crippen LogP contribution in [0.15, 0.2) is 67.8 Å². The molecule has 9 heteroatoms. The van der Waals surface area contributed by atoms with Gasteiger partial charge in [-0.15, -0.1) is 11.3 Å². The quantitative estimate of drug-likeness (QED) is 0.420. The van der Waals surface area contributed by atoms with Gasteiger partial charge >= 0.3 is 0 Å². The van der Waals surface area contributed by atoms with Crippen molar-refractivity contribution in [1.82, 2.24) is 24.4 Å². The second kappa shape index (κ2) is 8.42. The zero-order chi connectivity index (χ0) is 24.0. The first kappa shape index (κ1) is 21.7. The number of nitrogens with one attached hydrogen (secondary N) is 1. The van der Waals surface area contributed by atoms with E-state index in [0.29, 0.717) is 10.8 Å². The Hall–Kier alpha value is -3.85. The zero-order valence-electron chi connectivity index (χ0n) is 19.1. The molecule has 2 aliphatic rings. The van der Waals surface area contributed by atoms with Crippen LogP contribution in [-0.2, 0) is 4.79 Å². The van der Waals surface area contributed by atoms with E-state index in [1.165, 1.54) is 23.7 Å². The van der Waals surface area contributed by atoms with E-state index in [4.69, 9.17) is 4.98 Å². The van der Waals surface area contributed by atoms with Crippen molar-refractivity contribution in [2.75, 3.05) is 18.4 Å². The van der Waals surface area contributed by atoms with Crippen LogP contribution in [0.2, 0.25) is 0 Å². The third kappa shape index (κ3) is 3.81. The van der Waals surface area contributed by atoms with Gasteiger partial charge in [0.25, 0.3) is 5.91 Å². The summed E-state index contributed by atoms with van der Waals surface area (Å²) in [5, 5.41) is 3.06. The van der Waals surface area contributed by atoms with Crippen LogP contribution in [-0.4, -0.2) is 49.3 Å². The van der Waals surface area contributed by atoms with E-state index in [1.807, 2.05) is 41.3 Å². The summed E-state index contributed by atoms with van der Waals surface area (Å²) in [6.07, 6.45) is 9.26. The zero-order valence-corrected chi connectivity index (χ0v) is 19.9. The molecule has 1 aliphatic heterocycles. The van der Waals surface area contributed by atoms with Gasteiger partial charge in [0.1, 0.15) is 6.33 Å². The highest BCUT2D eigenvalue weighted by molar-refractivity contribution is 7.17. The maximum Gasteiger partial charge on any atom is 0.268 e. The molecule has 8 nitrogen and oxygen atoms in total. The molecule has 1 aliphatic carbocycles. The first-order valence-corrected chi connectivity index (χ1v) is 12.4. The number of aromatic nitrogens is 4. The summed E-state index contributed by atoms with van der Waals surface area (Å²) in [6.45, 7) is 5.16. The molecule has 1 N–H and O–H groups in total. The molecule has 4 heterocycles. The highest BCUT2D eigenvalue weighted by atomic mass is 32.1. The number of imidazole rings is 1. The number of para-hydroxylation sites is 2. The molecule has 6 rings (SSSR count). The van der Waals surface area contributed by atoms with Crippen LogP contribution in [0.3, 0.4) is 0 Å². The highest BCUT2D eigenvalue weighted by Gasteiger charge is 2.50. The Kier molecular flexibility index (Phi) is 5.21. The predicted octanol–water partition coefficient (Wildman–Crippen LogP) is 4.55. The predicted molar refractivity (Wildman–Crippen MR) is 135 cm³/mol. The molecule has 4 aromatic rings. The van der Waals surface area contributed by atoms with Crippen molar-refractivity contribution >= 4 is 40.1 Å². The molecule has 0 unspecified atom stereocenters. The van der Waals surface area contributed by atoms with Gasteiger partial charge in [-0.1, -0.05) is 18.7 Å². The number of thiophene rings is 1. The Morgan fingerprint density at radius 2 is 1.94 bits per heavy atom. The van der Waals surface area contributed by atoms with Crippen molar-refractivity contribution in [3.63, 3.8) is 0 Å². The Balaban J connectivity index is 1.24. The molecule has 1 spiro atoms. The van der Waals surface area contributed by atoms with E-state index in [-0.39, 0.29) is 23.3 Å². The summed E-state index contributed by atoms with van der Waals surface area (Å²) >= 11 is 1.40. The minimum atomic E-state index is -0.188. The molecule has 35 heavy (non-hydrogen) atoms. The summed E-state index contributed by atoms with van der Waals surface area (Å²) < 4.78 is 2.16. The fourth-order valence-corrected chi connectivity index (χ4v) is 6.29. The highest BCUT2D eigenvalue weighted by Crippen LogP contribution is 2.55. The van der Waals surface area contributed by atoms with Crippen molar-refractivity contribution in [3.8, 4) is 10.4 Å². The topological polar surface area (TPSA) is 93.0 Å². The van der Waals surface area contributed by atoms with Gasteiger partial charge in [-0.3, -0.25) is 14.9 Å². The Bertz CT molecular complexity index is 1440. The first-order valence-electron chi connectivity index (χ1n) is 11.6. The number of likely N-dealkylation sites (tertiary alicyclic amines) is 1. The van der Waals surface area contributed by atoms with Crippen LogP contribution >= 0.6 is 11.3 Å². The van der Waals surface area contributed by atoms with E-state index in [9.17, 15) is 9.59 Å². The van der Waals surface area contributed by atoms with E-state index in [2.05, 4.69) is 26.4 Å². The molecule has 0 radical (unpaired) electrons. The lowest BCUT2D eigenvalue weighted by molar-refractivity contribution is -0.125. The van der Waals surface area contributed by atoms with Crippen molar-refractivity contribution in [1.29, 1.82) is 0 Å². The number of amides is 2. The van der Waals surface area contributed by atoms with Gasteiger partial charge in [-0.2, -0.15) is 0 Å². The van der Waals surface area contributed by atoms with Crippen LogP contribution in [0.4, 0.5) is 5.95 Å². The molecule has 0 bridgehead atoms. The van der Waals surface area contributed by atoms with Crippen LogP contribution in [0.5, 0.6) is 0 Å². The van der Waals surface area contributed by atoms with Crippen LogP contribution in [0, 0.1) is 5.41 Å². The summed E-state index contributed by atoms with van der Waals surface area (Å²) in [4.78, 5) is 41.5. The lowest BCUT2D eigenvalue weighted by Gasteiger charge is -2.46. The lowest BCUT2D eigenvalue weighted by atomic mass is 9.65. The number of rotatable bonds is 5. The van der Waals surface area contributed by atoms with Gasteiger partial charge in [0.2, 0.25) is 11.9 Å². The maximum absolute atomic E-state index is 13.2. The fraction of sp³-hybridized carbons (Fsp3) is 0.269. The van der Waals surface area contributed by atoms with Gasteiger partial charge in [0.05, 0.1) is 15.9 Å². The minimum absolute atomic E-state index is 0.00346. The second-order valence-corrected chi connectivity index (χ2v) is 10.4. The van der Waals surface area contributed by atoms with Gasteiger partial charge in [-0.05, 0) is 55.0 Å². The molecule has 3 aromatic heterocycles. The molecule has 176 valence electrons. The van der Waals surface area contributed by atoms with Gasteiger partial charge in [0.15, 0.2) is 0 Å². The SMILES string of the molecule is C=CC(=O)N1CC[C@]2(C1)C[C@H](n1c(NC(=O)c3ccc(-c4cncnc4)s3)nc3ccccc31)C2. The molecular formula is C26H24N6O2S. The number of hydrogen-bond donors (Lipinski definition) is 1. The van der Waals surface area contributed by atoms with E-state index in [1.54, 1.807) is 12.4 Å². The van der Waals surface area contributed by atoms with Crippen molar-refractivity contribution in [2.45, 2.75) is 25.3 Å². The monoisotopic (exact) mass is 484 g/mol. The average molecular weight is 485 g/mol. The third-order valence-corrected chi connectivity index (χ3v) is 8.26. The number of nitrogens with zero attached hydrogens (tertiary/aromatic N) is 5. The number of benzene rings is 1. The first-order chi connectivity index (χ1) is 17.0. The maximum atomic E-state index is 13.2. The second-order valence-electron chi connectivity index (χ2n) is 9.32. The van der Waals surface area contributed by atoms with Gasteiger partial charge in [0, 0.05) is 42.0 Å². The van der Waals surface area contributed by atoms with Crippen molar-refractivity contribution in [2.24, 2.45) is 5.41 Å². The van der Waals surface area contributed by atoms with E-state index in [0.717, 1.165) is 53.8 Å². The summed E-state index contributed by atoms with van der Waals surface area (Å²) in [5.74, 6) is 0.377. The number of carbonyl (C=O) groups excluding carboxylic acids is 2. The molecule has 1 saturated heterocycles. The van der Waals surface area contributed by atoms with E-state index >= 15 is 0 Å². The third-order valence-electron chi connectivity index (χ3n) is 7.12. The number of hydrogen-bond acceptors (Lipinski definition) is 6. The molecule has 0 atom stereocenters. The molecule has 1 saturated carbocycles. The largest absolute Gasteiger partial charge is 0.339 e. The Morgan fingerprint density at radius 1 is 1.14 bits per heavy atom. The summed E-state index contributed by atoms with van der Waals surface area (Å²) in [7, 11) is 0. The van der Waals surface area contributed by atoms with Crippen LogP contribution in [0.1, 0.15) is 35.0 Å². The van der Waals surface area contributed by atoms with Crippen molar-refractivity contribution < 1.29 is 9.59 Å². The lowest BCUT2D eigenvalue weighted by Crippen LogP contribution is -2.42. The normalized spacial score (nSPS) is 21.3. The van der Waals surface area contributed by atoms with Gasteiger partial charge in [-0.25, -0.2) is 15.0 Å². The number of fused-ring (bicyclic) bond motifs is 1. The number of anilines is 1. The van der Waals surface area contributed by atoms with Crippen LogP contribution < -0.4 is 5.32 Å².